The predicted molar refractivity (Wildman–Crippen MR) is 79.2 cm³/mol. The topological polar surface area (TPSA) is 67.4 Å². The average molecular weight is 339 g/mol. The fraction of sp³-hybridized carbons (Fsp3) is 0.500. The Hall–Kier alpha value is -0.530. The molecule has 0 amide bonds. The Bertz CT molecular complexity index is 587. The maximum absolute atomic E-state index is 12.4. The molecule has 5 nitrogen and oxygen atoms in total. The normalized spacial score (nSPS) is 19.9. The van der Waals surface area contributed by atoms with Crippen molar-refractivity contribution in [3.8, 4) is 5.75 Å². The van der Waals surface area contributed by atoms with Crippen LogP contribution in [0.4, 0.5) is 0 Å². The van der Waals surface area contributed by atoms with Crippen LogP contribution >= 0.6 is 23.2 Å². The van der Waals surface area contributed by atoms with E-state index in [4.69, 9.17) is 27.9 Å². The van der Waals surface area contributed by atoms with Crippen LogP contribution in [-0.2, 0) is 10.0 Å². The Labute approximate surface area is 128 Å². The maximum atomic E-state index is 12.4. The van der Waals surface area contributed by atoms with E-state index < -0.39 is 10.0 Å². The average Bonchev–Trinajstić information content (AvgIpc) is 2.41. The van der Waals surface area contributed by atoms with Crippen LogP contribution in [0.25, 0.3) is 0 Å². The van der Waals surface area contributed by atoms with Gasteiger partial charge in [0.2, 0.25) is 10.0 Å². The number of sulfonamides is 1. The van der Waals surface area contributed by atoms with Gasteiger partial charge in [-0.05, 0) is 25.5 Å². The summed E-state index contributed by atoms with van der Waals surface area (Å²) in [7, 11) is -2.26. The lowest BCUT2D eigenvalue weighted by molar-refractivity contribution is 0.414. The van der Waals surface area contributed by atoms with Crippen molar-refractivity contribution in [2.75, 3.05) is 20.2 Å². The molecule has 1 aliphatic rings. The summed E-state index contributed by atoms with van der Waals surface area (Å²) in [6, 6.07) is 2.57. The summed E-state index contributed by atoms with van der Waals surface area (Å²) >= 11 is 12.0. The molecule has 1 fully saturated rings. The largest absolute Gasteiger partial charge is 0.495 e. The molecule has 0 aliphatic carbocycles. The molecule has 0 bridgehead atoms. The SMILES string of the molecule is COc1cc(Cl)c(S(=O)(=O)N[C@@H]2CCCNC2)cc1Cl. The van der Waals surface area contributed by atoms with Crippen LogP contribution in [0.3, 0.4) is 0 Å². The van der Waals surface area contributed by atoms with Crippen molar-refractivity contribution < 1.29 is 13.2 Å². The van der Waals surface area contributed by atoms with Gasteiger partial charge in [-0.1, -0.05) is 23.2 Å². The summed E-state index contributed by atoms with van der Waals surface area (Å²) in [6.45, 7) is 1.52. The first-order valence-electron chi connectivity index (χ1n) is 6.20. The fourth-order valence-corrected chi connectivity index (χ4v) is 4.23. The number of methoxy groups -OCH3 is 1. The molecule has 2 N–H and O–H groups in total. The molecule has 1 saturated heterocycles. The van der Waals surface area contributed by atoms with Gasteiger partial charge in [-0.2, -0.15) is 0 Å². The summed E-state index contributed by atoms with van der Waals surface area (Å²) in [6.07, 6.45) is 1.73. The van der Waals surface area contributed by atoms with E-state index in [-0.39, 0.29) is 21.0 Å². The van der Waals surface area contributed by atoms with Gasteiger partial charge >= 0.3 is 0 Å². The van der Waals surface area contributed by atoms with Crippen LogP contribution in [0.5, 0.6) is 5.75 Å². The molecule has 2 rings (SSSR count). The number of ether oxygens (including phenoxy) is 1. The van der Waals surface area contributed by atoms with E-state index >= 15 is 0 Å². The van der Waals surface area contributed by atoms with E-state index in [1.54, 1.807) is 0 Å². The second-order valence-electron chi connectivity index (χ2n) is 4.58. The Morgan fingerprint density at radius 3 is 2.70 bits per heavy atom. The third-order valence-corrected chi connectivity index (χ3v) is 5.40. The monoisotopic (exact) mass is 338 g/mol. The molecule has 8 heteroatoms. The molecular weight excluding hydrogens is 323 g/mol. The number of hydrogen-bond donors (Lipinski definition) is 2. The van der Waals surface area contributed by atoms with Crippen molar-refractivity contribution >= 4 is 33.2 Å². The van der Waals surface area contributed by atoms with Crippen LogP contribution in [-0.4, -0.2) is 34.7 Å². The van der Waals surface area contributed by atoms with E-state index in [0.717, 1.165) is 19.4 Å². The Morgan fingerprint density at radius 1 is 1.35 bits per heavy atom. The van der Waals surface area contributed by atoms with E-state index in [0.29, 0.717) is 12.3 Å². The van der Waals surface area contributed by atoms with Gasteiger partial charge in [0.15, 0.2) is 0 Å². The molecule has 1 aromatic carbocycles. The highest BCUT2D eigenvalue weighted by Crippen LogP contribution is 2.33. The highest BCUT2D eigenvalue weighted by atomic mass is 35.5. The quantitative estimate of drug-likeness (QED) is 0.881. The molecule has 112 valence electrons. The first-order chi connectivity index (χ1) is 9.44. The lowest BCUT2D eigenvalue weighted by Gasteiger charge is -2.24. The van der Waals surface area contributed by atoms with E-state index in [2.05, 4.69) is 10.0 Å². The van der Waals surface area contributed by atoms with Gasteiger partial charge in [-0.25, -0.2) is 13.1 Å². The van der Waals surface area contributed by atoms with Crippen LogP contribution in [0, 0.1) is 0 Å². The highest BCUT2D eigenvalue weighted by Gasteiger charge is 2.25. The zero-order valence-corrected chi connectivity index (χ0v) is 13.3. The lowest BCUT2D eigenvalue weighted by Crippen LogP contribution is -2.45. The van der Waals surface area contributed by atoms with Gasteiger partial charge in [0.25, 0.3) is 0 Å². The van der Waals surface area contributed by atoms with Crippen LogP contribution in [0.2, 0.25) is 10.0 Å². The summed E-state index contributed by atoms with van der Waals surface area (Å²) in [5, 5.41) is 3.44. The minimum atomic E-state index is -3.70. The summed E-state index contributed by atoms with van der Waals surface area (Å²) in [5.74, 6) is 0.343. The van der Waals surface area contributed by atoms with Crippen molar-refractivity contribution in [3.63, 3.8) is 0 Å². The molecule has 1 aliphatic heterocycles. The highest BCUT2D eigenvalue weighted by molar-refractivity contribution is 7.89. The molecule has 0 radical (unpaired) electrons. The lowest BCUT2D eigenvalue weighted by atomic mass is 10.1. The maximum Gasteiger partial charge on any atom is 0.242 e. The zero-order valence-electron chi connectivity index (χ0n) is 10.9. The number of nitrogens with one attached hydrogen (secondary N) is 2. The van der Waals surface area contributed by atoms with Gasteiger partial charge in [0.1, 0.15) is 10.6 Å². The molecule has 1 aromatic rings. The van der Waals surface area contributed by atoms with E-state index in [1.165, 1.54) is 19.2 Å². The Balaban J connectivity index is 2.26. The Morgan fingerprint density at radius 2 is 2.10 bits per heavy atom. The molecule has 0 unspecified atom stereocenters. The van der Waals surface area contributed by atoms with Gasteiger partial charge in [0.05, 0.1) is 17.2 Å². The molecule has 20 heavy (non-hydrogen) atoms. The van der Waals surface area contributed by atoms with Crippen LogP contribution in [0.1, 0.15) is 12.8 Å². The van der Waals surface area contributed by atoms with Gasteiger partial charge in [-0.3, -0.25) is 0 Å². The molecule has 0 aromatic heterocycles. The number of benzene rings is 1. The smallest absolute Gasteiger partial charge is 0.242 e. The van der Waals surface area contributed by atoms with Crippen LogP contribution < -0.4 is 14.8 Å². The summed E-state index contributed by atoms with van der Waals surface area (Å²) in [4.78, 5) is -0.0319. The fourth-order valence-electron chi connectivity index (χ4n) is 2.11. The number of piperidine rings is 1. The van der Waals surface area contributed by atoms with E-state index in [9.17, 15) is 8.42 Å². The van der Waals surface area contributed by atoms with E-state index in [1.807, 2.05) is 0 Å². The van der Waals surface area contributed by atoms with Crippen molar-refractivity contribution in [2.45, 2.75) is 23.8 Å². The third-order valence-electron chi connectivity index (χ3n) is 3.11. The second-order valence-corrected chi connectivity index (χ2v) is 7.08. The molecule has 0 spiro atoms. The predicted octanol–water partition coefficient (Wildman–Crippen LogP) is 2.03. The number of rotatable bonds is 4. The molecule has 0 saturated carbocycles. The van der Waals surface area contributed by atoms with Gasteiger partial charge in [0, 0.05) is 18.7 Å². The second kappa shape index (κ2) is 6.49. The third kappa shape index (κ3) is 3.56. The minimum absolute atomic E-state index is 0.0319. The summed E-state index contributed by atoms with van der Waals surface area (Å²) < 4.78 is 32.3. The number of halogens is 2. The Kier molecular flexibility index (Phi) is 5.14. The van der Waals surface area contributed by atoms with Gasteiger partial charge < -0.3 is 10.1 Å². The van der Waals surface area contributed by atoms with Crippen LogP contribution in [0.15, 0.2) is 17.0 Å². The molecule has 1 heterocycles. The van der Waals surface area contributed by atoms with Gasteiger partial charge in [-0.15, -0.1) is 0 Å². The minimum Gasteiger partial charge on any atom is -0.495 e. The number of hydrogen-bond acceptors (Lipinski definition) is 4. The molecule has 1 atom stereocenters. The van der Waals surface area contributed by atoms with Crippen molar-refractivity contribution in [2.24, 2.45) is 0 Å². The first-order valence-corrected chi connectivity index (χ1v) is 8.44. The van der Waals surface area contributed by atoms with Crippen molar-refractivity contribution in [1.29, 1.82) is 0 Å². The summed E-state index contributed by atoms with van der Waals surface area (Å²) in [5.41, 5.74) is 0. The molecular formula is C12H16Cl2N2O3S. The van der Waals surface area contributed by atoms with Crippen molar-refractivity contribution in [1.82, 2.24) is 10.0 Å². The van der Waals surface area contributed by atoms with Crippen molar-refractivity contribution in [3.05, 3.63) is 22.2 Å². The first kappa shape index (κ1) is 15.9. The standard InChI is InChI=1S/C12H16Cl2N2O3S/c1-19-11-5-10(14)12(6-9(11)13)20(17,18)16-8-3-2-4-15-7-8/h5-6,8,15-16H,2-4,7H2,1H3/t8-/m1/s1. The zero-order chi connectivity index (χ0) is 14.8.